The maximum Gasteiger partial charge on any atom is 0.308 e. The van der Waals surface area contributed by atoms with Crippen molar-refractivity contribution in [3.63, 3.8) is 0 Å². The molecule has 2 aliphatic rings. The number of carbonyl (C=O) groups is 2. The summed E-state index contributed by atoms with van der Waals surface area (Å²) in [6, 6.07) is 16.5. The van der Waals surface area contributed by atoms with Crippen molar-refractivity contribution >= 4 is 40.7 Å². The number of ether oxygens (including phenoxy) is 1. The molecule has 1 N–H and O–H groups in total. The molecule has 0 radical (unpaired) electrons. The van der Waals surface area contributed by atoms with Crippen molar-refractivity contribution in [2.24, 2.45) is 5.92 Å². The van der Waals surface area contributed by atoms with Crippen molar-refractivity contribution in [2.75, 3.05) is 58.7 Å². The van der Waals surface area contributed by atoms with Gasteiger partial charge in [0.15, 0.2) is 17.9 Å². The Labute approximate surface area is 317 Å². The van der Waals surface area contributed by atoms with Gasteiger partial charge in [0.1, 0.15) is 11.2 Å². The quantitative estimate of drug-likeness (QED) is 0.0960. The van der Waals surface area contributed by atoms with Gasteiger partial charge in [-0.05, 0) is 124 Å². The van der Waals surface area contributed by atoms with Crippen molar-refractivity contribution in [3.8, 4) is 22.6 Å². The van der Waals surface area contributed by atoms with Crippen LogP contribution < -0.4 is 5.32 Å². The van der Waals surface area contributed by atoms with E-state index in [-0.39, 0.29) is 17.6 Å². The van der Waals surface area contributed by atoms with Gasteiger partial charge in [0, 0.05) is 61.9 Å². The second-order valence-electron chi connectivity index (χ2n) is 14.5. The molecule has 0 amide bonds. The number of likely N-dealkylation sites (N-methyl/N-ethyl adjacent to an activating group) is 1. The maximum absolute atomic E-state index is 12.1. The number of carbonyl (C=O) groups excluding carboxylic acids is 2. The lowest BCUT2D eigenvalue weighted by molar-refractivity contribution is -0.147. The molecule has 0 bridgehead atoms. The summed E-state index contributed by atoms with van der Waals surface area (Å²) < 4.78 is 11.1. The number of esters is 1. The number of nitrogens with zero attached hydrogens (tertiary/aromatic N) is 6. The molecule has 280 valence electrons. The molecular formula is C43H49N7O4. The van der Waals surface area contributed by atoms with Crippen LogP contribution in [-0.2, 0) is 16.1 Å². The zero-order valence-corrected chi connectivity index (χ0v) is 31.7. The molecular weight excluding hydrogens is 679 g/mol. The molecule has 0 spiro atoms. The van der Waals surface area contributed by atoms with Crippen LogP contribution in [0.2, 0.25) is 0 Å². The van der Waals surface area contributed by atoms with E-state index in [1.165, 1.54) is 25.5 Å². The molecule has 11 heteroatoms. The molecule has 5 aromatic rings. The van der Waals surface area contributed by atoms with Crippen LogP contribution in [0.3, 0.4) is 0 Å². The number of hydrogen-bond acceptors (Lipinski definition) is 11. The number of hydrogen-bond donors (Lipinski definition) is 1. The number of fused-ring (bicyclic) bond motifs is 1. The van der Waals surface area contributed by atoms with Crippen LogP contribution in [0, 0.1) is 19.8 Å². The standard InChI is InChI=1S/C43H49N7O4/c1-29-34(35-10-8-12-37(30(35)2)46-41-40-33(13-17-44-41)25-31(26-45-40)27-50-18-5-6-19-50)9-7-11-36(29)42-47-38(28-51)39(54-42)16-20-48(3)23-24-49-21-14-32(15-22-49)43(52)53-4/h7-13,16-17,20,25-26,28,32H,5-6,14-15,18-19,21-24,27H2,1-4H3,(H,44,46)/b20-16-. The van der Waals surface area contributed by atoms with E-state index in [0.29, 0.717) is 11.7 Å². The summed E-state index contributed by atoms with van der Waals surface area (Å²) in [5.74, 6) is 1.42. The highest BCUT2D eigenvalue weighted by Crippen LogP contribution is 2.37. The smallest absolute Gasteiger partial charge is 0.308 e. The Kier molecular flexibility index (Phi) is 11.5. The Balaban J connectivity index is 1.06. The van der Waals surface area contributed by atoms with Crippen LogP contribution in [-0.4, -0.2) is 95.3 Å². The number of aldehydes is 1. The van der Waals surface area contributed by atoms with Gasteiger partial charge in [0.25, 0.3) is 0 Å². The van der Waals surface area contributed by atoms with E-state index in [0.717, 1.165) is 115 Å². The molecule has 54 heavy (non-hydrogen) atoms. The molecule has 2 fully saturated rings. The highest BCUT2D eigenvalue weighted by molar-refractivity contribution is 5.91. The Morgan fingerprint density at radius 1 is 0.981 bits per heavy atom. The highest BCUT2D eigenvalue weighted by Gasteiger charge is 2.25. The number of pyridine rings is 2. The summed E-state index contributed by atoms with van der Waals surface area (Å²) in [4.78, 5) is 45.0. The van der Waals surface area contributed by atoms with Gasteiger partial charge in [-0.25, -0.2) is 9.97 Å². The predicted octanol–water partition coefficient (Wildman–Crippen LogP) is 7.51. The van der Waals surface area contributed by atoms with Gasteiger partial charge in [-0.3, -0.25) is 19.5 Å². The third-order valence-corrected chi connectivity index (χ3v) is 10.9. The van der Waals surface area contributed by atoms with Crippen molar-refractivity contribution in [1.82, 2.24) is 29.7 Å². The first kappa shape index (κ1) is 36.9. The van der Waals surface area contributed by atoms with Crippen molar-refractivity contribution in [3.05, 3.63) is 95.3 Å². The zero-order chi connectivity index (χ0) is 37.6. The monoisotopic (exact) mass is 727 g/mol. The molecule has 2 aliphatic heterocycles. The lowest BCUT2D eigenvalue weighted by atomic mass is 9.93. The number of benzene rings is 2. The van der Waals surface area contributed by atoms with E-state index in [1.807, 2.05) is 49.9 Å². The first-order chi connectivity index (χ1) is 26.3. The molecule has 7 rings (SSSR count). The molecule has 0 atom stereocenters. The Bertz CT molecular complexity index is 2150. The van der Waals surface area contributed by atoms with Gasteiger partial charge in [-0.1, -0.05) is 24.3 Å². The molecule has 11 nitrogen and oxygen atoms in total. The average Bonchev–Trinajstić information content (AvgIpc) is 3.87. The van der Waals surface area contributed by atoms with Crippen LogP contribution in [0.25, 0.3) is 39.6 Å². The predicted molar refractivity (Wildman–Crippen MR) is 212 cm³/mol. The van der Waals surface area contributed by atoms with Crippen LogP contribution in [0.5, 0.6) is 0 Å². The maximum atomic E-state index is 12.1. The number of aromatic nitrogens is 3. The van der Waals surface area contributed by atoms with Crippen LogP contribution in [0.4, 0.5) is 11.5 Å². The number of methoxy groups -OCH3 is 1. The summed E-state index contributed by atoms with van der Waals surface area (Å²) in [6.45, 7) is 10.8. The normalized spacial score (nSPS) is 15.6. The molecule has 2 saturated heterocycles. The summed E-state index contributed by atoms with van der Waals surface area (Å²) in [5, 5.41) is 4.64. The van der Waals surface area contributed by atoms with E-state index in [1.54, 1.807) is 6.08 Å². The zero-order valence-electron chi connectivity index (χ0n) is 31.7. The lowest BCUT2D eigenvalue weighted by Gasteiger charge is -2.31. The van der Waals surface area contributed by atoms with Crippen LogP contribution >= 0.6 is 0 Å². The second-order valence-corrected chi connectivity index (χ2v) is 14.5. The fraction of sp³-hybridized carbons (Fsp3) is 0.372. The topological polar surface area (TPSA) is 117 Å². The second kappa shape index (κ2) is 16.7. The lowest BCUT2D eigenvalue weighted by Crippen LogP contribution is -2.39. The minimum Gasteiger partial charge on any atom is -0.469 e. The van der Waals surface area contributed by atoms with E-state index >= 15 is 0 Å². The summed E-state index contributed by atoms with van der Waals surface area (Å²) in [5.41, 5.74) is 8.26. The fourth-order valence-electron chi connectivity index (χ4n) is 7.62. The van der Waals surface area contributed by atoms with Crippen LogP contribution in [0.15, 0.2) is 71.5 Å². The molecule has 0 aliphatic carbocycles. The number of piperidine rings is 1. The Hall–Kier alpha value is -5.39. The van der Waals surface area contributed by atoms with Gasteiger partial charge < -0.3 is 24.3 Å². The molecule has 5 heterocycles. The van der Waals surface area contributed by atoms with E-state index in [9.17, 15) is 9.59 Å². The minimum atomic E-state index is -0.111. The average molecular weight is 728 g/mol. The van der Waals surface area contributed by atoms with Gasteiger partial charge in [0.2, 0.25) is 5.89 Å². The molecule has 0 saturated carbocycles. The summed E-state index contributed by atoms with van der Waals surface area (Å²) >= 11 is 0. The van der Waals surface area contributed by atoms with Gasteiger partial charge in [0.05, 0.1) is 13.0 Å². The van der Waals surface area contributed by atoms with E-state index in [4.69, 9.17) is 14.1 Å². The SMILES string of the molecule is COC(=O)C1CCN(CCN(C)/C=C\c2oc(-c3cccc(-c4cccc(Nc5nccc6cc(CN7CCCC7)cnc56)c4C)c3C)nc2C=O)CC1. The van der Waals surface area contributed by atoms with Gasteiger partial charge >= 0.3 is 5.97 Å². The number of anilines is 2. The van der Waals surface area contributed by atoms with Crippen molar-refractivity contribution in [2.45, 2.75) is 46.1 Å². The number of rotatable bonds is 13. The Morgan fingerprint density at radius 3 is 2.48 bits per heavy atom. The highest BCUT2D eigenvalue weighted by atomic mass is 16.5. The third-order valence-electron chi connectivity index (χ3n) is 10.9. The van der Waals surface area contributed by atoms with Crippen LogP contribution in [0.1, 0.15) is 58.6 Å². The molecule has 2 aromatic carbocycles. The Morgan fingerprint density at radius 2 is 1.72 bits per heavy atom. The number of nitrogens with one attached hydrogen (secondary N) is 1. The molecule has 0 unspecified atom stereocenters. The fourth-order valence-corrected chi connectivity index (χ4v) is 7.62. The van der Waals surface area contributed by atoms with Gasteiger partial charge in [-0.2, -0.15) is 0 Å². The minimum absolute atomic E-state index is 0.00353. The van der Waals surface area contributed by atoms with Crippen molar-refractivity contribution in [1.29, 1.82) is 0 Å². The number of likely N-dealkylation sites (tertiary alicyclic amines) is 2. The largest absolute Gasteiger partial charge is 0.469 e. The summed E-state index contributed by atoms with van der Waals surface area (Å²) in [7, 11) is 3.45. The molecule has 3 aromatic heterocycles. The van der Waals surface area contributed by atoms with E-state index < -0.39 is 0 Å². The first-order valence-electron chi connectivity index (χ1n) is 18.9. The number of oxazole rings is 1. The van der Waals surface area contributed by atoms with E-state index in [2.05, 4.69) is 68.1 Å². The summed E-state index contributed by atoms with van der Waals surface area (Å²) in [6.07, 6.45) is 12.4. The van der Waals surface area contributed by atoms with Gasteiger partial charge in [-0.15, -0.1) is 0 Å². The third kappa shape index (κ3) is 8.22. The van der Waals surface area contributed by atoms with Crippen molar-refractivity contribution < 1.29 is 18.7 Å². The first-order valence-corrected chi connectivity index (χ1v) is 18.9.